The van der Waals surface area contributed by atoms with E-state index in [1.165, 1.54) is 11.9 Å². The van der Waals surface area contributed by atoms with Crippen LogP contribution in [0.3, 0.4) is 0 Å². The zero-order valence-corrected chi connectivity index (χ0v) is 9.72. The molecule has 0 spiro atoms. The second-order valence-electron chi connectivity index (χ2n) is 3.89. The summed E-state index contributed by atoms with van der Waals surface area (Å²) in [5.74, 6) is -1.18. The highest BCUT2D eigenvalue weighted by Gasteiger charge is 2.11. The van der Waals surface area contributed by atoms with Crippen molar-refractivity contribution in [3.05, 3.63) is 29.8 Å². The molecule has 1 rings (SSSR count). The van der Waals surface area contributed by atoms with Gasteiger partial charge in [0.2, 0.25) is 5.91 Å². The molecule has 0 aliphatic rings. The average Bonchev–Trinajstić information content (AvgIpc) is 2.27. The van der Waals surface area contributed by atoms with Gasteiger partial charge in [-0.05, 0) is 24.1 Å². The van der Waals surface area contributed by atoms with Crippen molar-refractivity contribution in [3.63, 3.8) is 0 Å². The number of likely N-dealkylation sites (N-methyl/N-ethyl adjacent to an activating group) is 1. The number of carbonyl (C=O) groups is 2. The van der Waals surface area contributed by atoms with Crippen LogP contribution in [-0.2, 0) is 16.0 Å². The van der Waals surface area contributed by atoms with Crippen LogP contribution in [0.2, 0.25) is 0 Å². The summed E-state index contributed by atoms with van der Waals surface area (Å²) in [6, 6.07) is 7.28. The van der Waals surface area contributed by atoms with Crippen molar-refractivity contribution in [1.82, 2.24) is 4.90 Å². The van der Waals surface area contributed by atoms with Gasteiger partial charge in [-0.15, -0.1) is 0 Å². The fourth-order valence-electron chi connectivity index (χ4n) is 1.42. The molecule has 1 amide bonds. The van der Waals surface area contributed by atoms with Gasteiger partial charge >= 0.3 is 5.97 Å². The van der Waals surface area contributed by atoms with Crippen LogP contribution < -0.4 is 5.73 Å². The highest BCUT2D eigenvalue weighted by molar-refractivity contribution is 5.81. The van der Waals surface area contributed by atoms with Crippen LogP contribution in [-0.4, -0.2) is 35.5 Å². The maximum atomic E-state index is 11.6. The van der Waals surface area contributed by atoms with Crippen LogP contribution in [0, 0.1) is 0 Å². The number of aryl methyl sites for hydroxylation is 1. The summed E-state index contributed by atoms with van der Waals surface area (Å²) < 4.78 is 0. The van der Waals surface area contributed by atoms with Crippen LogP contribution in [0.15, 0.2) is 24.3 Å². The normalized spacial score (nSPS) is 9.94. The van der Waals surface area contributed by atoms with Crippen molar-refractivity contribution >= 4 is 17.6 Å². The van der Waals surface area contributed by atoms with Crippen molar-refractivity contribution in [2.45, 2.75) is 12.8 Å². The molecule has 0 aliphatic heterocycles. The maximum absolute atomic E-state index is 11.6. The van der Waals surface area contributed by atoms with Crippen LogP contribution in [0.1, 0.15) is 12.0 Å². The Morgan fingerprint density at radius 1 is 1.29 bits per heavy atom. The molecule has 0 aliphatic carbocycles. The Bertz CT molecular complexity index is 401. The van der Waals surface area contributed by atoms with Gasteiger partial charge in [0.25, 0.3) is 0 Å². The van der Waals surface area contributed by atoms with Gasteiger partial charge in [0.05, 0.1) is 0 Å². The number of hydrogen-bond acceptors (Lipinski definition) is 3. The van der Waals surface area contributed by atoms with Gasteiger partial charge in [0.15, 0.2) is 0 Å². The molecule has 0 heterocycles. The number of carbonyl (C=O) groups excluding carboxylic acids is 1. The molecule has 0 saturated carbocycles. The molecule has 1 aromatic rings. The molecule has 0 atom stereocenters. The summed E-state index contributed by atoms with van der Waals surface area (Å²) in [5, 5.41) is 8.54. The van der Waals surface area contributed by atoms with Gasteiger partial charge in [0, 0.05) is 19.2 Å². The minimum absolute atomic E-state index is 0.177. The number of rotatable bonds is 5. The van der Waals surface area contributed by atoms with Gasteiger partial charge in [-0.2, -0.15) is 0 Å². The third-order valence-electron chi connectivity index (χ3n) is 2.41. The lowest BCUT2D eigenvalue weighted by atomic mass is 10.1. The second kappa shape index (κ2) is 5.89. The minimum atomic E-state index is -1.01. The molecular formula is C12H16N2O3. The maximum Gasteiger partial charge on any atom is 0.323 e. The topological polar surface area (TPSA) is 83.6 Å². The Morgan fingerprint density at radius 2 is 1.88 bits per heavy atom. The molecule has 5 heteroatoms. The quantitative estimate of drug-likeness (QED) is 0.739. The predicted octanol–water partition coefficient (Wildman–Crippen LogP) is 0.744. The van der Waals surface area contributed by atoms with Crippen LogP contribution >= 0.6 is 0 Å². The van der Waals surface area contributed by atoms with Gasteiger partial charge in [0.1, 0.15) is 6.54 Å². The van der Waals surface area contributed by atoms with E-state index in [0.29, 0.717) is 18.5 Å². The van der Waals surface area contributed by atoms with Gasteiger partial charge in [-0.3, -0.25) is 9.59 Å². The fourth-order valence-corrected chi connectivity index (χ4v) is 1.42. The van der Waals surface area contributed by atoms with E-state index in [4.69, 9.17) is 10.8 Å². The Labute approximate surface area is 99.8 Å². The Hall–Kier alpha value is -2.04. The van der Waals surface area contributed by atoms with E-state index >= 15 is 0 Å². The van der Waals surface area contributed by atoms with E-state index in [1.807, 2.05) is 12.1 Å². The van der Waals surface area contributed by atoms with Gasteiger partial charge in [-0.1, -0.05) is 12.1 Å². The summed E-state index contributed by atoms with van der Waals surface area (Å²) in [6.07, 6.45) is 0.886. The SMILES string of the molecule is CN(CC(=O)O)C(=O)CCc1ccc(N)cc1. The molecule has 0 aromatic heterocycles. The number of nitrogen functional groups attached to an aromatic ring is 1. The van der Waals surface area contributed by atoms with E-state index < -0.39 is 5.97 Å². The number of aliphatic carboxylic acids is 1. The lowest BCUT2D eigenvalue weighted by Crippen LogP contribution is -2.32. The first-order valence-corrected chi connectivity index (χ1v) is 5.29. The van der Waals surface area contributed by atoms with Gasteiger partial charge in [-0.25, -0.2) is 0 Å². The lowest BCUT2D eigenvalue weighted by molar-refractivity contribution is -0.143. The fraction of sp³-hybridized carbons (Fsp3) is 0.333. The molecule has 92 valence electrons. The van der Waals surface area contributed by atoms with E-state index in [1.54, 1.807) is 12.1 Å². The number of carboxylic acids is 1. The van der Waals surface area contributed by atoms with E-state index in [0.717, 1.165) is 5.56 Å². The Balaban J connectivity index is 2.42. The average molecular weight is 236 g/mol. The number of anilines is 1. The second-order valence-corrected chi connectivity index (χ2v) is 3.89. The molecule has 17 heavy (non-hydrogen) atoms. The molecule has 0 fully saturated rings. The standard InChI is InChI=1S/C12H16N2O3/c1-14(8-12(16)17)11(15)7-4-9-2-5-10(13)6-3-9/h2-3,5-6H,4,7-8,13H2,1H3,(H,16,17). The van der Waals surface area contributed by atoms with Crippen LogP contribution in [0.25, 0.3) is 0 Å². The summed E-state index contributed by atoms with van der Waals surface area (Å²) >= 11 is 0. The molecule has 0 unspecified atom stereocenters. The third kappa shape index (κ3) is 4.55. The summed E-state index contributed by atoms with van der Waals surface area (Å²) in [7, 11) is 1.49. The highest BCUT2D eigenvalue weighted by Crippen LogP contribution is 2.08. The van der Waals surface area contributed by atoms with E-state index in [9.17, 15) is 9.59 Å². The van der Waals surface area contributed by atoms with E-state index in [-0.39, 0.29) is 12.5 Å². The molecular weight excluding hydrogens is 220 g/mol. The summed E-state index contributed by atoms with van der Waals surface area (Å²) in [4.78, 5) is 23.2. The first-order chi connectivity index (χ1) is 7.99. The number of amides is 1. The molecule has 0 radical (unpaired) electrons. The van der Waals surface area contributed by atoms with Crippen LogP contribution in [0.5, 0.6) is 0 Å². The number of benzene rings is 1. The first kappa shape index (κ1) is 13.0. The van der Waals surface area contributed by atoms with Crippen LogP contribution in [0.4, 0.5) is 5.69 Å². The van der Waals surface area contributed by atoms with Gasteiger partial charge < -0.3 is 15.7 Å². The number of nitrogens with zero attached hydrogens (tertiary/aromatic N) is 1. The highest BCUT2D eigenvalue weighted by atomic mass is 16.4. The number of carboxylic acid groups (broad SMARTS) is 1. The zero-order chi connectivity index (χ0) is 12.8. The van der Waals surface area contributed by atoms with Crippen molar-refractivity contribution in [1.29, 1.82) is 0 Å². The minimum Gasteiger partial charge on any atom is -0.480 e. The smallest absolute Gasteiger partial charge is 0.323 e. The zero-order valence-electron chi connectivity index (χ0n) is 9.72. The number of hydrogen-bond donors (Lipinski definition) is 2. The predicted molar refractivity (Wildman–Crippen MR) is 64.4 cm³/mol. The molecule has 3 N–H and O–H groups in total. The first-order valence-electron chi connectivity index (χ1n) is 5.29. The Kier molecular flexibility index (Phi) is 4.51. The van der Waals surface area contributed by atoms with Crippen molar-refractivity contribution in [3.8, 4) is 0 Å². The summed E-state index contributed by atoms with van der Waals surface area (Å²) in [6.45, 7) is -0.263. The van der Waals surface area contributed by atoms with Crippen molar-refractivity contribution < 1.29 is 14.7 Å². The molecule has 1 aromatic carbocycles. The Morgan fingerprint density at radius 3 is 2.41 bits per heavy atom. The molecule has 5 nitrogen and oxygen atoms in total. The van der Waals surface area contributed by atoms with E-state index in [2.05, 4.69) is 0 Å². The largest absolute Gasteiger partial charge is 0.480 e. The molecule has 0 saturated heterocycles. The monoisotopic (exact) mass is 236 g/mol. The number of nitrogens with two attached hydrogens (primary N) is 1. The molecule has 0 bridgehead atoms. The van der Waals surface area contributed by atoms with Crippen molar-refractivity contribution in [2.75, 3.05) is 19.3 Å². The third-order valence-corrected chi connectivity index (χ3v) is 2.41. The lowest BCUT2D eigenvalue weighted by Gasteiger charge is -2.14. The van der Waals surface area contributed by atoms with Crippen molar-refractivity contribution in [2.24, 2.45) is 0 Å². The summed E-state index contributed by atoms with van der Waals surface area (Å²) in [5.41, 5.74) is 7.24.